The first-order valence-corrected chi connectivity index (χ1v) is 8.38. The molecule has 0 spiro atoms. The molecule has 1 aromatic rings. The number of aromatic amines is 1. The van der Waals surface area contributed by atoms with Gasteiger partial charge in [-0.2, -0.15) is 0 Å². The summed E-state index contributed by atoms with van der Waals surface area (Å²) < 4.78 is 0. The van der Waals surface area contributed by atoms with Gasteiger partial charge in [0.2, 0.25) is 5.91 Å². The number of likely N-dealkylation sites (tertiary alicyclic amines) is 1. The first kappa shape index (κ1) is 13.8. The highest BCUT2D eigenvalue weighted by Gasteiger charge is 2.36. The van der Waals surface area contributed by atoms with Gasteiger partial charge in [0.05, 0.1) is 0 Å². The van der Waals surface area contributed by atoms with Gasteiger partial charge in [0, 0.05) is 37.2 Å². The monoisotopic (exact) mass is 302 g/mol. The van der Waals surface area contributed by atoms with Crippen molar-refractivity contribution in [1.29, 1.82) is 0 Å². The van der Waals surface area contributed by atoms with E-state index >= 15 is 0 Å². The van der Waals surface area contributed by atoms with E-state index in [-0.39, 0.29) is 17.7 Å². The summed E-state index contributed by atoms with van der Waals surface area (Å²) >= 11 is 0. The molecule has 4 rings (SSSR count). The quantitative estimate of drug-likeness (QED) is 0.861. The Labute approximate surface area is 129 Å². The van der Waals surface area contributed by atoms with E-state index in [4.69, 9.17) is 0 Å². The highest BCUT2D eigenvalue weighted by atomic mass is 16.2. The van der Waals surface area contributed by atoms with E-state index < -0.39 is 0 Å². The number of carbonyl (C=O) groups excluding carboxylic acids is 2. The summed E-state index contributed by atoms with van der Waals surface area (Å²) in [5.74, 6) is 1.64. The summed E-state index contributed by atoms with van der Waals surface area (Å²) in [6.45, 7) is 2.32. The SMILES string of the molecule is O=C1NCCCc2[nH]c(C3CCCN(C(=O)C4CC4)C3)nc21. The first-order chi connectivity index (χ1) is 10.7. The van der Waals surface area contributed by atoms with Crippen LogP contribution >= 0.6 is 0 Å². The number of rotatable bonds is 2. The van der Waals surface area contributed by atoms with Crippen molar-refractivity contribution in [1.82, 2.24) is 20.2 Å². The van der Waals surface area contributed by atoms with Crippen LogP contribution in [0.4, 0.5) is 0 Å². The summed E-state index contributed by atoms with van der Waals surface area (Å²) in [5.41, 5.74) is 1.51. The van der Waals surface area contributed by atoms with E-state index in [0.29, 0.717) is 18.1 Å². The Morgan fingerprint density at radius 3 is 2.91 bits per heavy atom. The molecular weight excluding hydrogens is 280 g/mol. The van der Waals surface area contributed by atoms with Crippen molar-refractivity contribution in [2.45, 2.75) is 44.4 Å². The van der Waals surface area contributed by atoms with Gasteiger partial charge in [-0.05, 0) is 38.5 Å². The van der Waals surface area contributed by atoms with Crippen molar-refractivity contribution in [3.8, 4) is 0 Å². The number of aryl methyl sites for hydroxylation is 1. The van der Waals surface area contributed by atoms with Crippen molar-refractivity contribution >= 4 is 11.8 Å². The molecule has 1 saturated heterocycles. The molecule has 1 aromatic heterocycles. The van der Waals surface area contributed by atoms with Gasteiger partial charge < -0.3 is 15.2 Å². The Morgan fingerprint density at radius 2 is 2.09 bits per heavy atom. The maximum atomic E-state index is 12.3. The van der Waals surface area contributed by atoms with Crippen LogP contribution in [0.5, 0.6) is 0 Å². The van der Waals surface area contributed by atoms with E-state index in [1.165, 1.54) is 0 Å². The summed E-state index contributed by atoms with van der Waals surface area (Å²) in [5, 5.41) is 2.88. The van der Waals surface area contributed by atoms with Crippen LogP contribution in [0.1, 0.15) is 60.0 Å². The maximum Gasteiger partial charge on any atom is 0.271 e. The molecular formula is C16H22N4O2. The lowest BCUT2D eigenvalue weighted by atomic mass is 9.97. The molecule has 2 aliphatic heterocycles. The van der Waals surface area contributed by atoms with Crippen LogP contribution in [0.3, 0.4) is 0 Å². The Kier molecular flexibility index (Phi) is 3.39. The molecule has 22 heavy (non-hydrogen) atoms. The second-order valence-corrected chi connectivity index (χ2v) is 6.71. The third-order valence-electron chi connectivity index (χ3n) is 4.95. The Bertz CT molecular complexity index is 605. The van der Waals surface area contributed by atoms with Crippen LogP contribution in [0.15, 0.2) is 0 Å². The zero-order chi connectivity index (χ0) is 15.1. The third kappa shape index (κ3) is 2.51. The number of piperidine rings is 1. The minimum absolute atomic E-state index is 0.0725. The zero-order valence-electron chi connectivity index (χ0n) is 12.7. The van der Waals surface area contributed by atoms with E-state index in [9.17, 15) is 9.59 Å². The molecule has 2 fully saturated rings. The molecule has 3 aliphatic rings. The van der Waals surface area contributed by atoms with Gasteiger partial charge in [-0.3, -0.25) is 9.59 Å². The fourth-order valence-electron chi connectivity index (χ4n) is 3.53. The van der Waals surface area contributed by atoms with E-state index in [0.717, 1.165) is 63.1 Å². The number of aromatic nitrogens is 2. The molecule has 0 aromatic carbocycles. The molecule has 1 aliphatic carbocycles. The number of hydrogen-bond acceptors (Lipinski definition) is 3. The minimum Gasteiger partial charge on any atom is -0.351 e. The Balaban J connectivity index is 1.52. The van der Waals surface area contributed by atoms with Crippen LogP contribution in [-0.2, 0) is 11.2 Å². The van der Waals surface area contributed by atoms with Gasteiger partial charge in [0.25, 0.3) is 5.91 Å². The lowest BCUT2D eigenvalue weighted by molar-refractivity contribution is -0.133. The van der Waals surface area contributed by atoms with Crippen LogP contribution in [0.2, 0.25) is 0 Å². The molecule has 2 amide bonds. The number of hydrogen-bond donors (Lipinski definition) is 2. The van der Waals surface area contributed by atoms with Crippen molar-refractivity contribution in [2.75, 3.05) is 19.6 Å². The highest BCUT2D eigenvalue weighted by molar-refractivity contribution is 5.93. The normalized spacial score (nSPS) is 25.4. The summed E-state index contributed by atoms with van der Waals surface area (Å²) in [7, 11) is 0. The molecule has 3 heterocycles. The number of nitrogens with zero attached hydrogens (tertiary/aromatic N) is 2. The molecule has 2 N–H and O–H groups in total. The molecule has 6 heteroatoms. The molecule has 1 saturated carbocycles. The summed E-state index contributed by atoms with van der Waals surface area (Å²) in [6.07, 6.45) is 5.95. The number of amides is 2. The van der Waals surface area contributed by atoms with E-state index in [1.54, 1.807) is 0 Å². The van der Waals surface area contributed by atoms with Crippen LogP contribution < -0.4 is 5.32 Å². The zero-order valence-corrected chi connectivity index (χ0v) is 12.7. The average Bonchev–Trinajstić information content (AvgIpc) is 3.32. The van der Waals surface area contributed by atoms with Crippen LogP contribution in [0.25, 0.3) is 0 Å². The highest BCUT2D eigenvalue weighted by Crippen LogP contribution is 2.34. The molecule has 6 nitrogen and oxygen atoms in total. The molecule has 0 radical (unpaired) electrons. The Morgan fingerprint density at radius 1 is 1.23 bits per heavy atom. The smallest absolute Gasteiger partial charge is 0.271 e. The molecule has 1 atom stereocenters. The number of fused-ring (bicyclic) bond motifs is 1. The number of nitrogens with one attached hydrogen (secondary N) is 2. The van der Waals surface area contributed by atoms with Gasteiger partial charge in [-0.1, -0.05) is 0 Å². The predicted octanol–water partition coefficient (Wildman–Crippen LogP) is 1.20. The minimum atomic E-state index is -0.0725. The topological polar surface area (TPSA) is 78.1 Å². The third-order valence-corrected chi connectivity index (χ3v) is 4.95. The standard InChI is InChI=1S/C16H22N4O2/c21-15-13-12(4-1-7-17-15)18-14(19-13)11-3-2-8-20(9-11)16(22)10-5-6-10/h10-11H,1-9H2,(H,17,21)(H,18,19). The predicted molar refractivity (Wildman–Crippen MR) is 80.5 cm³/mol. The fraction of sp³-hybridized carbons (Fsp3) is 0.688. The Hall–Kier alpha value is -1.85. The maximum absolute atomic E-state index is 12.3. The number of imidazole rings is 1. The summed E-state index contributed by atoms with van der Waals surface area (Å²) in [4.78, 5) is 34.2. The lowest BCUT2D eigenvalue weighted by Gasteiger charge is -2.32. The summed E-state index contributed by atoms with van der Waals surface area (Å²) in [6, 6.07) is 0. The van der Waals surface area contributed by atoms with Gasteiger partial charge in [-0.15, -0.1) is 0 Å². The van der Waals surface area contributed by atoms with E-state index in [2.05, 4.69) is 15.3 Å². The number of H-pyrrole nitrogens is 1. The van der Waals surface area contributed by atoms with Gasteiger partial charge in [-0.25, -0.2) is 4.98 Å². The first-order valence-electron chi connectivity index (χ1n) is 8.38. The van der Waals surface area contributed by atoms with Crippen molar-refractivity contribution in [2.24, 2.45) is 5.92 Å². The lowest BCUT2D eigenvalue weighted by Crippen LogP contribution is -2.40. The largest absolute Gasteiger partial charge is 0.351 e. The van der Waals surface area contributed by atoms with Crippen LogP contribution in [0, 0.1) is 5.92 Å². The van der Waals surface area contributed by atoms with Crippen molar-refractivity contribution < 1.29 is 9.59 Å². The number of carbonyl (C=O) groups is 2. The van der Waals surface area contributed by atoms with Crippen molar-refractivity contribution in [3.05, 3.63) is 17.2 Å². The van der Waals surface area contributed by atoms with Crippen LogP contribution in [-0.4, -0.2) is 46.3 Å². The molecule has 118 valence electrons. The molecule has 1 unspecified atom stereocenters. The average molecular weight is 302 g/mol. The fourth-order valence-corrected chi connectivity index (χ4v) is 3.53. The molecule has 0 bridgehead atoms. The van der Waals surface area contributed by atoms with Gasteiger partial charge in [0.15, 0.2) is 0 Å². The second-order valence-electron chi connectivity index (χ2n) is 6.71. The van der Waals surface area contributed by atoms with Crippen molar-refractivity contribution in [3.63, 3.8) is 0 Å². The van der Waals surface area contributed by atoms with Gasteiger partial charge >= 0.3 is 0 Å². The second kappa shape index (κ2) is 5.41. The van der Waals surface area contributed by atoms with Gasteiger partial charge in [0.1, 0.15) is 11.5 Å². The van der Waals surface area contributed by atoms with E-state index in [1.807, 2.05) is 4.90 Å².